The molecule has 1 saturated carbocycles. The number of hydrogen-bond donors (Lipinski definition) is 2. The highest BCUT2D eigenvalue weighted by molar-refractivity contribution is 6.00. The summed E-state index contributed by atoms with van der Waals surface area (Å²) in [5.74, 6) is 1.10. The third kappa shape index (κ3) is 5.71. The lowest BCUT2D eigenvalue weighted by Crippen LogP contribution is -2.32. The third-order valence-corrected chi connectivity index (χ3v) is 5.98. The minimum absolute atomic E-state index is 0.0178. The summed E-state index contributed by atoms with van der Waals surface area (Å²) in [4.78, 5) is 21.8. The first-order valence-corrected chi connectivity index (χ1v) is 11.3. The molecule has 166 valence electrons. The van der Waals surface area contributed by atoms with Crippen molar-refractivity contribution in [3.05, 3.63) is 66.4 Å². The molecule has 1 aliphatic carbocycles. The van der Waals surface area contributed by atoms with E-state index in [1.165, 1.54) is 5.56 Å². The Morgan fingerprint density at radius 2 is 2.03 bits per heavy atom. The highest BCUT2D eigenvalue weighted by Crippen LogP contribution is 2.30. The molecule has 2 unspecified atom stereocenters. The van der Waals surface area contributed by atoms with Crippen LogP contribution in [-0.4, -0.2) is 36.1 Å². The van der Waals surface area contributed by atoms with Gasteiger partial charge in [-0.1, -0.05) is 48.9 Å². The van der Waals surface area contributed by atoms with Crippen LogP contribution in [0.4, 0.5) is 5.69 Å². The first-order chi connectivity index (χ1) is 15.7. The predicted molar refractivity (Wildman–Crippen MR) is 129 cm³/mol. The zero-order valence-corrected chi connectivity index (χ0v) is 18.5. The summed E-state index contributed by atoms with van der Waals surface area (Å²) in [6.07, 6.45) is 10.0. The molecular weight excluding hydrogens is 400 g/mol. The van der Waals surface area contributed by atoms with E-state index in [0.29, 0.717) is 23.0 Å². The molecule has 0 radical (unpaired) electrons. The minimum atomic E-state index is 0.0178. The minimum Gasteiger partial charge on any atom is -0.481 e. The topological polar surface area (TPSA) is 76.1 Å². The fourth-order valence-electron chi connectivity index (χ4n) is 4.30. The van der Waals surface area contributed by atoms with Crippen molar-refractivity contribution < 1.29 is 9.53 Å². The third-order valence-electron chi connectivity index (χ3n) is 5.98. The molecule has 0 aliphatic heterocycles. The van der Waals surface area contributed by atoms with E-state index in [2.05, 4.69) is 44.9 Å². The number of ether oxygens (including phenoxy) is 1. The van der Waals surface area contributed by atoms with Gasteiger partial charge in [0.05, 0.1) is 18.3 Å². The van der Waals surface area contributed by atoms with E-state index in [1.54, 1.807) is 25.4 Å². The second kappa shape index (κ2) is 10.9. The van der Waals surface area contributed by atoms with Crippen molar-refractivity contribution in [1.82, 2.24) is 15.3 Å². The normalized spacial score (nSPS) is 18.7. The summed E-state index contributed by atoms with van der Waals surface area (Å²) < 4.78 is 5.23. The number of aromatic nitrogens is 2. The van der Waals surface area contributed by atoms with Gasteiger partial charge in [-0.05, 0) is 49.4 Å². The number of carbonyl (C=O) groups is 1. The van der Waals surface area contributed by atoms with Crippen LogP contribution >= 0.6 is 0 Å². The molecule has 1 aliphatic rings. The van der Waals surface area contributed by atoms with E-state index >= 15 is 0 Å². The van der Waals surface area contributed by atoms with Crippen LogP contribution in [0.5, 0.6) is 5.88 Å². The molecule has 3 aromatic rings. The van der Waals surface area contributed by atoms with Crippen molar-refractivity contribution in [1.29, 1.82) is 0 Å². The Morgan fingerprint density at radius 1 is 1.16 bits per heavy atom. The molecule has 0 saturated heterocycles. The Kier molecular flexibility index (Phi) is 7.46. The number of pyridine rings is 2. The number of fused-ring (bicyclic) bond motifs is 1. The van der Waals surface area contributed by atoms with Gasteiger partial charge in [0.15, 0.2) is 0 Å². The van der Waals surface area contributed by atoms with E-state index in [9.17, 15) is 4.79 Å². The molecule has 2 heterocycles. The van der Waals surface area contributed by atoms with Crippen LogP contribution in [0.2, 0.25) is 0 Å². The monoisotopic (exact) mass is 430 g/mol. The van der Waals surface area contributed by atoms with E-state index in [1.807, 2.05) is 24.3 Å². The molecular formula is C26H30N4O2. The molecule has 6 nitrogen and oxygen atoms in total. The number of hydrogen-bond acceptors (Lipinski definition) is 5. The predicted octanol–water partition coefficient (Wildman–Crippen LogP) is 4.69. The highest BCUT2D eigenvalue weighted by Gasteiger charge is 2.27. The largest absolute Gasteiger partial charge is 0.481 e. The number of rotatable bonds is 8. The van der Waals surface area contributed by atoms with Crippen LogP contribution < -0.4 is 15.4 Å². The van der Waals surface area contributed by atoms with Gasteiger partial charge < -0.3 is 15.4 Å². The number of anilines is 1. The number of benzene rings is 1. The summed E-state index contributed by atoms with van der Waals surface area (Å²) >= 11 is 0. The van der Waals surface area contributed by atoms with Crippen molar-refractivity contribution in [3.63, 3.8) is 0 Å². The zero-order valence-electron chi connectivity index (χ0n) is 18.5. The van der Waals surface area contributed by atoms with Crippen molar-refractivity contribution in [3.8, 4) is 5.88 Å². The second-order valence-corrected chi connectivity index (χ2v) is 8.27. The van der Waals surface area contributed by atoms with Gasteiger partial charge in [0, 0.05) is 24.7 Å². The molecule has 6 heteroatoms. The highest BCUT2D eigenvalue weighted by atomic mass is 16.5. The number of nitrogens with zero attached hydrogens (tertiary/aromatic N) is 2. The van der Waals surface area contributed by atoms with E-state index < -0.39 is 0 Å². The van der Waals surface area contributed by atoms with Crippen LogP contribution in [-0.2, 0) is 4.79 Å². The van der Waals surface area contributed by atoms with Gasteiger partial charge in [-0.3, -0.25) is 9.78 Å². The molecule has 2 atom stereocenters. The van der Waals surface area contributed by atoms with Crippen LogP contribution in [0.15, 0.2) is 60.8 Å². The number of nitrogens with one attached hydrogen (secondary N) is 2. The van der Waals surface area contributed by atoms with Gasteiger partial charge in [0.25, 0.3) is 0 Å². The molecule has 1 aromatic carbocycles. The summed E-state index contributed by atoms with van der Waals surface area (Å²) in [5.41, 5.74) is 3.28. The number of methoxy groups -OCH3 is 1. The zero-order chi connectivity index (χ0) is 22.2. The van der Waals surface area contributed by atoms with Gasteiger partial charge in [-0.25, -0.2) is 4.98 Å². The maximum atomic E-state index is 13.0. The average molecular weight is 431 g/mol. The Labute approximate surface area is 189 Å². The Morgan fingerprint density at radius 3 is 2.88 bits per heavy atom. The molecule has 1 amide bonds. The number of carbonyl (C=O) groups excluding carboxylic acids is 1. The fraction of sp³-hybridized carbons (Fsp3) is 0.346. The Hall–Kier alpha value is -3.25. The van der Waals surface area contributed by atoms with Crippen LogP contribution in [0, 0.1) is 11.8 Å². The average Bonchev–Trinajstić information content (AvgIpc) is 2.84. The summed E-state index contributed by atoms with van der Waals surface area (Å²) in [5, 5.41) is 6.61. The van der Waals surface area contributed by atoms with Crippen molar-refractivity contribution in [2.45, 2.75) is 25.7 Å². The molecule has 0 spiro atoms. The summed E-state index contributed by atoms with van der Waals surface area (Å²) in [6, 6.07) is 15.7. The van der Waals surface area contributed by atoms with Crippen LogP contribution in [0.3, 0.4) is 0 Å². The standard InChI is InChI=1S/C26H30N4O2/c1-32-24-13-12-22-25(30-24)23(14-16-28-22)29-26(31)21-11-5-9-20(17-21)18-27-15-6-10-19-7-3-2-4-8-19/h2-4,6-8,10,12-14,16,20-21,27H,5,9,11,15,17-18H2,1H3,(H,28,29,31)/b10-6+. The molecule has 32 heavy (non-hydrogen) atoms. The van der Waals surface area contributed by atoms with Crippen LogP contribution in [0.1, 0.15) is 31.2 Å². The van der Waals surface area contributed by atoms with E-state index in [-0.39, 0.29) is 11.8 Å². The molecule has 2 aromatic heterocycles. The maximum Gasteiger partial charge on any atom is 0.227 e. The smallest absolute Gasteiger partial charge is 0.227 e. The lowest BCUT2D eigenvalue weighted by atomic mass is 9.81. The van der Waals surface area contributed by atoms with E-state index in [0.717, 1.165) is 44.3 Å². The number of amides is 1. The maximum absolute atomic E-state index is 13.0. The fourth-order valence-corrected chi connectivity index (χ4v) is 4.30. The van der Waals surface area contributed by atoms with Gasteiger partial charge >= 0.3 is 0 Å². The van der Waals surface area contributed by atoms with Crippen molar-refractivity contribution in [2.24, 2.45) is 11.8 Å². The molecule has 4 rings (SSSR count). The first kappa shape index (κ1) is 22.0. The summed E-state index contributed by atoms with van der Waals surface area (Å²) in [7, 11) is 1.58. The van der Waals surface area contributed by atoms with Crippen LogP contribution in [0.25, 0.3) is 17.1 Å². The van der Waals surface area contributed by atoms with Gasteiger partial charge in [0.1, 0.15) is 5.52 Å². The Balaban J connectivity index is 1.30. The quantitative estimate of drug-likeness (QED) is 0.507. The van der Waals surface area contributed by atoms with Gasteiger partial charge in [-0.15, -0.1) is 0 Å². The second-order valence-electron chi connectivity index (χ2n) is 8.27. The Bertz CT molecular complexity index is 1070. The van der Waals surface area contributed by atoms with Crippen molar-refractivity contribution in [2.75, 3.05) is 25.5 Å². The molecule has 0 bridgehead atoms. The first-order valence-electron chi connectivity index (χ1n) is 11.3. The van der Waals surface area contributed by atoms with Crippen molar-refractivity contribution >= 4 is 28.7 Å². The van der Waals surface area contributed by atoms with Gasteiger partial charge in [-0.2, -0.15) is 0 Å². The van der Waals surface area contributed by atoms with E-state index in [4.69, 9.17) is 4.74 Å². The lowest BCUT2D eigenvalue weighted by molar-refractivity contribution is -0.121. The SMILES string of the molecule is COc1ccc2nccc(NC(=O)C3CCCC(CNC/C=C/c4ccccc4)C3)c2n1. The summed E-state index contributed by atoms with van der Waals surface area (Å²) in [6.45, 7) is 1.76. The van der Waals surface area contributed by atoms with Gasteiger partial charge in [0.2, 0.25) is 11.8 Å². The lowest BCUT2D eigenvalue weighted by Gasteiger charge is -2.28. The molecule has 2 N–H and O–H groups in total. The molecule has 1 fully saturated rings.